The van der Waals surface area contributed by atoms with Crippen molar-refractivity contribution in [2.45, 2.75) is 6.54 Å². The Bertz CT molecular complexity index is 558. The van der Waals surface area contributed by atoms with Gasteiger partial charge in [0, 0.05) is 11.6 Å². The lowest BCUT2D eigenvalue weighted by atomic mass is 10.1. The zero-order chi connectivity index (χ0) is 13.5. The van der Waals surface area contributed by atoms with Crippen LogP contribution in [0.3, 0.4) is 0 Å². The summed E-state index contributed by atoms with van der Waals surface area (Å²) in [6, 6.07) is 15.7. The molecule has 0 aliphatic carbocycles. The summed E-state index contributed by atoms with van der Waals surface area (Å²) in [6.07, 6.45) is 4.78. The number of carbonyl (C=O) groups is 1. The molecule has 0 aliphatic rings. The Kier molecular flexibility index (Phi) is 4.76. The Labute approximate surface area is 117 Å². The fraction of sp³-hybridized carbons (Fsp3) is 0.0625. The molecule has 96 valence electrons. The lowest BCUT2D eigenvalue weighted by molar-refractivity contribution is -0.109. The summed E-state index contributed by atoms with van der Waals surface area (Å²) in [6.45, 7) is 0.560. The summed E-state index contributed by atoms with van der Waals surface area (Å²) >= 11 is 5.83. The van der Waals surface area contributed by atoms with Crippen LogP contribution in [0.2, 0.25) is 5.02 Å². The molecule has 0 fully saturated rings. The van der Waals surface area contributed by atoms with Crippen LogP contribution < -0.4 is 5.32 Å². The van der Waals surface area contributed by atoms with E-state index in [0.29, 0.717) is 13.0 Å². The maximum Gasteiger partial charge on any atom is 0.207 e. The van der Waals surface area contributed by atoms with Crippen LogP contribution in [0.25, 0.3) is 12.2 Å². The molecule has 19 heavy (non-hydrogen) atoms. The van der Waals surface area contributed by atoms with Crippen molar-refractivity contribution in [2.75, 3.05) is 0 Å². The molecule has 0 aromatic heterocycles. The third-order valence-corrected chi connectivity index (χ3v) is 2.96. The molecule has 0 heterocycles. The fourth-order valence-corrected chi connectivity index (χ4v) is 1.80. The van der Waals surface area contributed by atoms with Crippen LogP contribution >= 0.6 is 11.6 Å². The van der Waals surface area contributed by atoms with E-state index in [4.69, 9.17) is 11.6 Å². The fourth-order valence-electron chi connectivity index (χ4n) is 1.67. The van der Waals surface area contributed by atoms with E-state index in [1.165, 1.54) is 0 Å². The van der Waals surface area contributed by atoms with Crippen molar-refractivity contribution < 1.29 is 4.79 Å². The van der Waals surface area contributed by atoms with Crippen LogP contribution in [-0.4, -0.2) is 6.41 Å². The van der Waals surface area contributed by atoms with E-state index in [2.05, 4.69) is 5.32 Å². The smallest absolute Gasteiger partial charge is 0.207 e. The van der Waals surface area contributed by atoms with Crippen molar-refractivity contribution in [2.24, 2.45) is 0 Å². The minimum atomic E-state index is 0.560. The van der Waals surface area contributed by atoms with E-state index in [-0.39, 0.29) is 0 Å². The van der Waals surface area contributed by atoms with Crippen LogP contribution in [-0.2, 0) is 11.3 Å². The summed E-state index contributed by atoms with van der Waals surface area (Å²) in [5.74, 6) is 0. The second-order valence-corrected chi connectivity index (χ2v) is 4.56. The molecule has 0 bridgehead atoms. The van der Waals surface area contributed by atoms with Gasteiger partial charge in [0.15, 0.2) is 0 Å². The van der Waals surface area contributed by atoms with Crippen LogP contribution in [0, 0.1) is 0 Å². The second kappa shape index (κ2) is 6.76. The van der Waals surface area contributed by atoms with Gasteiger partial charge < -0.3 is 5.32 Å². The van der Waals surface area contributed by atoms with Gasteiger partial charge in [0.1, 0.15) is 0 Å². The maximum atomic E-state index is 10.2. The molecule has 0 saturated carbocycles. The monoisotopic (exact) mass is 271 g/mol. The molecule has 0 unspecified atom stereocenters. The normalized spacial score (nSPS) is 10.6. The molecule has 2 aromatic carbocycles. The lowest BCUT2D eigenvalue weighted by Crippen LogP contribution is -2.09. The minimum absolute atomic E-state index is 0.560. The number of hydrogen-bond acceptors (Lipinski definition) is 1. The van der Waals surface area contributed by atoms with E-state index in [0.717, 1.165) is 21.7 Å². The first-order chi connectivity index (χ1) is 9.28. The van der Waals surface area contributed by atoms with Crippen LogP contribution in [0.15, 0.2) is 48.5 Å². The Morgan fingerprint density at radius 3 is 1.95 bits per heavy atom. The number of hydrogen-bond donors (Lipinski definition) is 1. The molecule has 0 radical (unpaired) electrons. The first-order valence-corrected chi connectivity index (χ1v) is 6.35. The van der Waals surface area contributed by atoms with Gasteiger partial charge >= 0.3 is 0 Å². The van der Waals surface area contributed by atoms with E-state index in [9.17, 15) is 4.79 Å². The average molecular weight is 272 g/mol. The van der Waals surface area contributed by atoms with Crippen molar-refractivity contribution >= 4 is 30.2 Å². The van der Waals surface area contributed by atoms with Gasteiger partial charge in [-0.3, -0.25) is 4.79 Å². The molecule has 0 saturated heterocycles. The molecule has 2 nitrogen and oxygen atoms in total. The topological polar surface area (TPSA) is 29.1 Å². The predicted octanol–water partition coefficient (Wildman–Crippen LogP) is 3.76. The van der Waals surface area contributed by atoms with Crippen LogP contribution in [0.4, 0.5) is 0 Å². The Morgan fingerprint density at radius 1 is 0.895 bits per heavy atom. The summed E-state index contributed by atoms with van der Waals surface area (Å²) < 4.78 is 0. The highest BCUT2D eigenvalue weighted by Gasteiger charge is 1.92. The number of carbonyl (C=O) groups excluding carboxylic acids is 1. The van der Waals surface area contributed by atoms with E-state index in [1.807, 2.05) is 60.7 Å². The third-order valence-electron chi connectivity index (χ3n) is 2.71. The summed E-state index contributed by atoms with van der Waals surface area (Å²) in [5, 5.41) is 3.38. The molecule has 0 aliphatic heterocycles. The zero-order valence-corrected chi connectivity index (χ0v) is 11.1. The van der Waals surface area contributed by atoms with Gasteiger partial charge in [-0.25, -0.2) is 0 Å². The Balaban J connectivity index is 2.02. The number of rotatable bonds is 5. The lowest BCUT2D eigenvalue weighted by Gasteiger charge is -2.00. The van der Waals surface area contributed by atoms with Gasteiger partial charge in [-0.1, -0.05) is 60.2 Å². The average Bonchev–Trinajstić information content (AvgIpc) is 2.46. The number of halogens is 1. The number of amides is 1. The Hall–Kier alpha value is -2.06. The molecule has 1 amide bonds. The van der Waals surface area contributed by atoms with Crippen molar-refractivity contribution in [3.63, 3.8) is 0 Å². The SMILES string of the molecule is O=CNCc1ccc(/C=C/c2ccc(Cl)cc2)cc1. The van der Waals surface area contributed by atoms with E-state index in [1.54, 1.807) is 0 Å². The van der Waals surface area contributed by atoms with Crippen molar-refractivity contribution in [3.8, 4) is 0 Å². The molecular weight excluding hydrogens is 258 g/mol. The van der Waals surface area contributed by atoms with E-state index < -0.39 is 0 Å². The van der Waals surface area contributed by atoms with Gasteiger partial charge in [0.05, 0.1) is 0 Å². The largest absolute Gasteiger partial charge is 0.355 e. The van der Waals surface area contributed by atoms with Gasteiger partial charge in [-0.2, -0.15) is 0 Å². The molecular formula is C16H14ClNO. The van der Waals surface area contributed by atoms with Crippen molar-refractivity contribution in [1.29, 1.82) is 0 Å². The molecule has 0 spiro atoms. The van der Waals surface area contributed by atoms with Gasteiger partial charge in [0.2, 0.25) is 6.41 Å². The van der Waals surface area contributed by atoms with Crippen molar-refractivity contribution in [1.82, 2.24) is 5.32 Å². The highest BCUT2D eigenvalue weighted by atomic mass is 35.5. The number of benzene rings is 2. The molecule has 2 aromatic rings. The minimum Gasteiger partial charge on any atom is -0.355 e. The molecule has 0 atom stereocenters. The second-order valence-electron chi connectivity index (χ2n) is 4.13. The van der Waals surface area contributed by atoms with Gasteiger partial charge in [-0.15, -0.1) is 0 Å². The predicted molar refractivity (Wildman–Crippen MR) is 79.7 cm³/mol. The maximum absolute atomic E-state index is 10.2. The van der Waals surface area contributed by atoms with Gasteiger partial charge in [-0.05, 0) is 28.8 Å². The third kappa shape index (κ3) is 4.27. The quantitative estimate of drug-likeness (QED) is 0.651. The summed E-state index contributed by atoms with van der Waals surface area (Å²) in [5.41, 5.74) is 3.30. The first-order valence-electron chi connectivity index (χ1n) is 5.97. The molecule has 2 rings (SSSR count). The van der Waals surface area contributed by atoms with E-state index >= 15 is 0 Å². The zero-order valence-electron chi connectivity index (χ0n) is 10.3. The van der Waals surface area contributed by atoms with Crippen LogP contribution in [0.5, 0.6) is 0 Å². The first kappa shape index (κ1) is 13.4. The summed E-state index contributed by atoms with van der Waals surface area (Å²) in [4.78, 5) is 10.2. The highest BCUT2D eigenvalue weighted by molar-refractivity contribution is 6.30. The standard InChI is InChI=1S/C16H14ClNO/c17-16-9-7-14(8-10-16)2-1-13-3-5-15(6-4-13)11-18-12-19/h1-10,12H,11H2,(H,18,19)/b2-1+. The Morgan fingerprint density at radius 2 is 1.42 bits per heavy atom. The molecule has 1 N–H and O–H groups in total. The highest BCUT2D eigenvalue weighted by Crippen LogP contribution is 2.13. The van der Waals surface area contributed by atoms with Crippen molar-refractivity contribution in [3.05, 3.63) is 70.2 Å². The van der Waals surface area contributed by atoms with Crippen LogP contribution in [0.1, 0.15) is 16.7 Å². The molecule has 3 heteroatoms. The summed E-state index contributed by atoms with van der Waals surface area (Å²) in [7, 11) is 0. The van der Waals surface area contributed by atoms with Gasteiger partial charge in [0.25, 0.3) is 0 Å². The number of nitrogens with one attached hydrogen (secondary N) is 1.